The number of morpholine rings is 1. The van der Waals surface area contributed by atoms with Gasteiger partial charge in [-0.05, 0) is 12.5 Å². The largest absolute Gasteiger partial charge is 0.496 e. The molecule has 1 saturated heterocycles. The fourth-order valence-corrected chi connectivity index (χ4v) is 4.19. The number of nitrogens with zero attached hydrogens (tertiary/aromatic N) is 4. The lowest BCUT2D eigenvalue weighted by molar-refractivity contribution is -0.153. The molecule has 1 N–H and O–H groups in total. The monoisotopic (exact) mass is 454 g/mol. The Morgan fingerprint density at radius 1 is 1.25 bits per heavy atom. The molecule has 0 unspecified atom stereocenters. The van der Waals surface area contributed by atoms with Gasteiger partial charge in [0.05, 0.1) is 26.9 Å². The third-order valence-corrected chi connectivity index (χ3v) is 5.81. The van der Waals surface area contributed by atoms with Crippen molar-refractivity contribution in [3.05, 3.63) is 46.2 Å². The van der Waals surface area contributed by atoms with E-state index in [4.69, 9.17) is 9.47 Å². The van der Waals surface area contributed by atoms with Gasteiger partial charge in [-0.3, -0.25) is 9.36 Å². The van der Waals surface area contributed by atoms with E-state index in [1.54, 1.807) is 24.3 Å². The van der Waals surface area contributed by atoms with Crippen molar-refractivity contribution in [2.75, 3.05) is 49.8 Å². The fourth-order valence-electron chi connectivity index (χ4n) is 4.19. The SMILES string of the molecule is COc1ccccc1[C@H](O)CN1c2nc(N3CCOCC3)cc(=O)n2CC[C@H]1C(F)(F)F. The number of aliphatic hydroxyl groups excluding tert-OH is 1. The molecule has 8 nitrogen and oxygen atoms in total. The second-order valence-corrected chi connectivity index (χ2v) is 7.76. The van der Waals surface area contributed by atoms with Crippen molar-refractivity contribution in [3.63, 3.8) is 0 Å². The molecule has 2 aromatic rings. The number of benzene rings is 1. The summed E-state index contributed by atoms with van der Waals surface area (Å²) in [5.41, 5.74) is -0.0615. The molecule has 4 rings (SSSR count). The fraction of sp³-hybridized carbons (Fsp3) is 0.524. The molecule has 1 fully saturated rings. The number of halogens is 3. The summed E-state index contributed by atoms with van der Waals surface area (Å²) in [5.74, 6) is 0.582. The minimum atomic E-state index is -4.56. The lowest BCUT2D eigenvalue weighted by atomic mass is 10.0. The first-order valence-electron chi connectivity index (χ1n) is 10.4. The lowest BCUT2D eigenvalue weighted by Crippen LogP contribution is -2.54. The summed E-state index contributed by atoms with van der Waals surface area (Å²) in [7, 11) is 1.43. The Balaban J connectivity index is 1.74. The molecule has 0 radical (unpaired) electrons. The van der Waals surface area contributed by atoms with Crippen molar-refractivity contribution >= 4 is 11.8 Å². The van der Waals surface area contributed by atoms with Crippen LogP contribution in [-0.4, -0.2) is 66.8 Å². The first kappa shape index (κ1) is 22.4. The molecule has 0 bridgehead atoms. The number of ether oxygens (including phenoxy) is 2. The van der Waals surface area contributed by atoms with Gasteiger partial charge in [-0.1, -0.05) is 18.2 Å². The maximum atomic E-state index is 13.9. The van der Waals surface area contributed by atoms with Gasteiger partial charge in [-0.2, -0.15) is 18.2 Å². The zero-order chi connectivity index (χ0) is 22.9. The highest BCUT2D eigenvalue weighted by Gasteiger charge is 2.47. The molecule has 0 saturated carbocycles. The zero-order valence-electron chi connectivity index (χ0n) is 17.6. The first-order chi connectivity index (χ1) is 15.3. The second kappa shape index (κ2) is 8.99. The van der Waals surface area contributed by atoms with E-state index < -0.39 is 30.4 Å². The Kier molecular flexibility index (Phi) is 6.29. The molecular formula is C21H25F3N4O4. The van der Waals surface area contributed by atoms with Gasteiger partial charge in [0.1, 0.15) is 23.7 Å². The third kappa shape index (κ3) is 4.40. The van der Waals surface area contributed by atoms with E-state index in [-0.39, 0.29) is 18.9 Å². The summed E-state index contributed by atoms with van der Waals surface area (Å²) < 4.78 is 53.6. The number of aromatic nitrogens is 2. The van der Waals surface area contributed by atoms with Crippen LogP contribution in [0.1, 0.15) is 18.1 Å². The van der Waals surface area contributed by atoms with Crippen LogP contribution >= 0.6 is 0 Å². The predicted molar refractivity (Wildman–Crippen MR) is 111 cm³/mol. The smallest absolute Gasteiger partial charge is 0.408 e. The van der Waals surface area contributed by atoms with Crippen molar-refractivity contribution < 1.29 is 27.8 Å². The highest BCUT2D eigenvalue weighted by molar-refractivity contribution is 5.47. The minimum absolute atomic E-state index is 0.0958. The van der Waals surface area contributed by atoms with Crippen LogP contribution in [0.5, 0.6) is 5.75 Å². The molecule has 2 atom stereocenters. The van der Waals surface area contributed by atoms with Gasteiger partial charge in [0.15, 0.2) is 0 Å². The second-order valence-electron chi connectivity index (χ2n) is 7.76. The Hall–Kier alpha value is -2.79. The third-order valence-electron chi connectivity index (χ3n) is 5.81. The van der Waals surface area contributed by atoms with Crippen LogP contribution in [0.4, 0.5) is 24.9 Å². The van der Waals surface area contributed by atoms with Crippen molar-refractivity contribution in [2.24, 2.45) is 0 Å². The highest BCUT2D eigenvalue weighted by atomic mass is 19.4. The van der Waals surface area contributed by atoms with Crippen LogP contribution < -0.4 is 20.1 Å². The standard InChI is InChI=1S/C21H25F3N4O4/c1-31-16-5-3-2-4-14(16)15(29)13-28-17(21(22,23)24)6-7-27-19(30)12-18(25-20(27)28)26-8-10-32-11-9-26/h2-5,12,15,17,29H,6-11,13H2,1H3/t15-,17+/m1/s1. The van der Waals surface area contributed by atoms with E-state index in [1.165, 1.54) is 17.7 Å². The Bertz CT molecular complexity index is 1010. The van der Waals surface area contributed by atoms with Crippen LogP contribution in [0, 0.1) is 0 Å². The molecular weight excluding hydrogens is 429 g/mol. The van der Waals surface area contributed by atoms with Crippen LogP contribution in [0.15, 0.2) is 35.1 Å². The molecule has 0 amide bonds. The van der Waals surface area contributed by atoms with E-state index in [1.807, 2.05) is 4.90 Å². The average molecular weight is 454 g/mol. The summed E-state index contributed by atoms with van der Waals surface area (Å²) in [4.78, 5) is 20.0. The number of fused-ring (bicyclic) bond motifs is 1. The number of rotatable bonds is 5. The number of aliphatic hydroxyl groups is 1. The summed E-state index contributed by atoms with van der Waals surface area (Å²) >= 11 is 0. The van der Waals surface area contributed by atoms with Gasteiger partial charge in [-0.15, -0.1) is 0 Å². The number of para-hydroxylation sites is 1. The number of alkyl halides is 3. The van der Waals surface area contributed by atoms with E-state index in [0.717, 1.165) is 4.90 Å². The normalized spacial score (nSPS) is 20.1. The Morgan fingerprint density at radius 2 is 1.97 bits per heavy atom. The average Bonchev–Trinajstić information content (AvgIpc) is 2.79. The van der Waals surface area contributed by atoms with Gasteiger partial charge in [-0.25, -0.2) is 0 Å². The number of anilines is 2. The number of methoxy groups -OCH3 is 1. The topological polar surface area (TPSA) is 80.1 Å². The summed E-state index contributed by atoms with van der Waals surface area (Å²) in [6.45, 7) is 1.37. The van der Waals surface area contributed by atoms with Gasteiger partial charge in [0, 0.05) is 31.3 Å². The van der Waals surface area contributed by atoms with Crippen molar-refractivity contribution in [2.45, 2.75) is 31.3 Å². The zero-order valence-corrected chi connectivity index (χ0v) is 17.6. The van der Waals surface area contributed by atoms with Gasteiger partial charge in [0.2, 0.25) is 5.95 Å². The molecule has 0 aliphatic carbocycles. The summed E-state index contributed by atoms with van der Waals surface area (Å²) in [5, 5.41) is 10.8. The van der Waals surface area contributed by atoms with Crippen LogP contribution in [0.3, 0.4) is 0 Å². The lowest BCUT2D eigenvalue weighted by Gasteiger charge is -2.40. The molecule has 174 valence electrons. The number of hydrogen-bond acceptors (Lipinski definition) is 7. The van der Waals surface area contributed by atoms with E-state index >= 15 is 0 Å². The Labute approximate surface area is 182 Å². The van der Waals surface area contributed by atoms with Crippen molar-refractivity contribution in [1.82, 2.24) is 9.55 Å². The number of hydrogen-bond donors (Lipinski definition) is 1. The summed E-state index contributed by atoms with van der Waals surface area (Å²) in [6, 6.07) is 6.07. The minimum Gasteiger partial charge on any atom is -0.496 e. The van der Waals surface area contributed by atoms with Gasteiger partial charge >= 0.3 is 6.18 Å². The molecule has 0 spiro atoms. The maximum absolute atomic E-state index is 13.9. The molecule has 3 heterocycles. The van der Waals surface area contributed by atoms with Gasteiger partial charge in [0.25, 0.3) is 5.56 Å². The van der Waals surface area contributed by atoms with Crippen molar-refractivity contribution in [1.29, 1.82) is 0 Å². The van der Waals surface area contributed by atoms with E-state index in [0.29, 0.717) is 43.4 Å². The molecule has 32 heavy (non-hydrogen) atoms. The van der Waals surface area contributed by atoms with Crippen LogP contribution in [0.25, 0.3) is 0 Å². The highest BCUT2D eigenvalue weighted by Crippen LogP contribution is 2.36. The summed E-state index contributed by atoms with van der Waals surface area (Å²) in [6.07, 6.45) is -6.15. The van der Waals surface area contributed by atoms with E-state index in [2.05, 4.69) is 4.98 Å². The maximum Gasteiger partial charge on any atom is 0.408 e. The Morgan fingerprint density at radius 3 is 2.66 bits per heavy atom. The molecule has 11 heteroatoms. The van der Waals surface area contributed by atoms with Crippen molar-refractivity contribution in [3.8, 4) is 5.75 Å². The molecule has 2 aliphatic rings. The molecule has 1 aromatic heterocycles. The van der Waals surface area contributed by atoms with Gasteiger partial charge < -0.3 is 24.4 Å². The molecule has 1 aromatic carbocycles. The van der Waals surface area contributed by atoms with Crippen LogP contribution in [0.2, 0.25) is 0 Å². The quantitative estimate of drug-likeness (QED) is 0.740. The first-order valence-corrected chi connectivity index (χ1v) is 10.4. The predicted octanol–water partition coefficient (Wildman–Crippen LogP) is 1.96. The number of β-amino-alcohol motifs (C(OH)–C–C–N with tert-alkyl or cyclic N) is 1. The van der Waals surface area contributed by atoms with E-state index in [9.17, 15) is 23.1 Å². The molecule has 2 aliphatic heterocycles. The van der Waals surface area contributed by atoms with Crippen LogP contribution in [-0.2, 0) is 11.3 Å².